The minimum Gasteiger partial charge on any atom is -0.457 e. The Morgan fingerprint density at radius 2 is 2.21 bits per heavy atom. The lowest BCUT2D eigenvalue weighted by molar-refractivity contribution is 0.144. The first-order valence-corrected chi connectivity index (χ1v) is 5.97. The van der Waals surface area contributed by atoms with E-state index in [0.717, 1.165) is 12.0 Å². The van der Waals surface area contributed by atoms with Crippen molar-refractivity contribution >= 4 is 15.9 Å². The van der Waals surface area contributed by atoms with Gasteiger partial charge >= 0.3 is 0 Å². The highest BCUT2D eigenvalue weighted by Crippen LogP contribution is 2.33. The van der Waals surface area contributed by atoms with E-state index >= 15 is 0 Å². The highest BCUT2D eigenvalue weighted by Gasteiger charge is 2.20. The van der Waals surface area contributed by atoms with Gasteiger partial charge in [-0.15, -0.1) is 0 Å². The van der Waals surface area contributed by atoms with E-state index in [1.54, 1.807) is 6.26 Å². The van der Waals surface area contributed by atoms with Gasteiger partial charge in [-0.05, 0) is 34.3 Å². The molecular formula is C11H15BrO2. The summed E-state index contributed by atoms with van der Waals surface area (Å²) in [5.74, 6) is 0.707. The Morgan fingerprint density at radius 3 is 2.79 bits per heavy atom. The van der Waals surface area contributed by atoms with Crippen molar-refractivity contribution in [2.24, 2.45) is 5.92 Å². The van der Waals surface area contributed by atoms with Gasteiger partial charge in [0.05, 0.1) is 12.4 Å². The summed E-state index contributed by atoms with van der Waals surface area (Å²) in [5, 5.41) is 9.91. The van der Waals surface area contributed by atoms with Crippen LogP contribution < -0.4 is 0 Å². The summed E-state index contributed by atoms with van der Waals surface area (Å²) in [5.41, 5.74) is 0.892. The Bertz CT molecular complexity index is 289. The average molecular weight is 259 g/mol. The lowest BCUT2D eigenvalue weighted by Gasteiger charge is -2.13. The fraction of sp³-hybridized carbons (Fsp3) is 0.636. The minimum absolute atomic E-state index is 0.354. The number of aliphatic hydroxyl groups excluding tert-OH is 1. The van der Waals surface area contributed by atoms with Crippen LogP contribution in [0.4, 0.5) is 0 Å². The first-order chi connectivity index (χ1) is 6.75. The lowest BCUT2D eigenvalue weighted by Crippen LogP contribution is -2.03. The van der Waals surface area contributed by atoms with Gasteiger partial charge in [0.2, 0.25) is 0 Å². The zero-order valence-electron chi connectivity index (χ0n) is 8.08. The molecule has 1 aliphatic carbocycles. The standard InChI is InChI=1S/C11H15BrO2/c12-11-6-9(7-14-11)10(13)5-8-3-1-2-4-8/h6-8,10,13H,1-5H2. The predicted octanol–water partition coefficient (Wildman–Crippen LogP) is 3.66. The van der Waals surface area contributed by atoms with Crippen LogP contribution in [0.25, 0.3) is 0 Å². The van der Waals surface area contributed by atoms with Gasteiger partial charge in [-0.3, -0.25) is 0 Å². The second-order valence-corrected chi connectivity index (χ2v) is 4.87. The summed E-state index contributed by atoms with van der Waals surface area (Å²) in [6.07, 6.45) is 7.36. The van der Waals surface area contributed by atoms with Gasteiger partial charge < -0.3 is 9.52 Å². The summed E-state index contributed by atoms with van der Waals surface area (Å²) >= 11 is 3.24. The van der Waals surface area contributed by atoms with Crippen molar-refractivity contribution in [2.75, 3.05) is 0 Å². The van der Waals surface area contributed by atoms with E-state index in [1.165, 1.54) is 25.7 Å². The van der Waals surface area contributed by atoms with Crippen LogP contribution in [0.3, 0.4) is 0 Å². The zero-order valence-corrected chi connectivity index (χ0v) is 9.66. The molecule has 1 heterocycles. The molecule has 2 nitrogen and oxygen atoms in total. The van der Waals surface area contributed by atoms with Crippen molar-refractivity contribution in [3.63, 3.8) is 0 Å². The smallest absolute Gasteiger partial charge is 0.169 e. The molecule has 0 saturated heterocycles. The summed E-state index contributed by atoms with van der Waals surface area (Å²) in [4.78, 5) is 0. The van der Waals surface area contributed by atoms with E-state index in [4.69, 9.17) is 4.42 Å². The molecule has 1 atom stereocenters. The van der Waals surface area contributed by atoms with Crippen molar-refractivity contribution in [3.8, 4) is 0 Å². The van der Waals surface area contributed by atoms with Crippen molar-refractivity contribution in [1.29, 1.82) is 0 Å². The van der Waals surface area contributed by atoms with E-state index in [0.29, 0.717) is 10.6 Å². The molecule has 1 N–H and O–H groups in total. The number of aliphatic hydroxyl groups is 1. The van der Waals surface area contributed by atoms with Gasteiger partial charge in [0, 0.05) is 5.56 Å². The molecule has 1 fully saturated rings. The van der Waals surface area contributed by atoms with Crippen LogP contribution in [-0.2, 0) is 0 Å². The second-order valence-electron chi connectivity index (χ2n) is 4.09. The molecule has 78 valence electrons. The molecule has 0 amide bonds. The Kier molecular flexibility index (Phi) is 3.29. The number of halogens is 1. The Labute approximate surface area is 92.4 Å². The van der Waals surface area contributed by atoms with Crippen LogP contribution >= 0.6 is 15.9 Å². The molecule has 1 aromatic heterocycles. The maximum Gasteiger partial charge on any atom is 0.169 e. The van der Waals surface area contributed by atoms with Gasteiger partial charge in [-0.2, -0.15) is 0 Å². The van der Waals surface area contributed by atoms with Crippen LogP contribution in [0, 0.1) is 5.92 Å². The fourth-order valence-corrected chi connectivity index (χ4v) is 2.55. The molecule has 1 aliphatic rings. The topological polar surface area (TPSA) is 33.4 Å². The average Bonchev–Trinajstić information content (AvgIpc) is 2.75. The van der Waals surface area contributed by atoms with Crippen molar-refractivity contribution in [1.82, 2.24) is 0 Å². The Balaban J connectivity index is 1.91. The summed E-state index contributed by atoms with van der Waals surface area (Å²) < 4.78 is 5.80. The summed E-state index contributed by atoms with van der Waals surface area (Å²) in [6.45, 7) is 0. The summed E-state index contributed by atoms with van der Waals surface area (Å²) in [7, 11) is 0. The van der Waals surface area contributed by atoms with Gasteiger partial charge in [0.1, 0.15) is 0 Å². The molecule has 0 aromatic carbocycles. The molecule has 0 aliphatic heterocycles. The highest BCUT2D eigenvalue weighted by atomic mass is 79.9. The molecule has 0 bridgehead atoms. The quantitative estimate of drug-likeness (QED) is 0.898. The fourth-order valence-electron chi connectivity index (χ4n) is 2.20. The van der Waals surface area contributed by atoms with Gasteiger partial charge in [0.15, 0.2) is 4.67 Å². The molecule has 1 unspecified atom stereocenters. The first-order valence-electron chi connectivity index (χ1n) is 5.17. The number of hydrogen-bond acceptors (Lipinski definition) is 2. The maximum atomic E-state index is 9.91. The summed E-state index contributed by atoms with van der Waals surface area (Å²) in [6, 6.07) is 1.85. The third kappa shape index (κ3) is 2.39. The zero-order chi connectivity index (χ0) is 9.97. The highest BCUT2D eigenvalue weighted by molar-refractivity contribution is 9.10. The van der Waals surface area contributed by atoms with Gasteiger partial charge in [-0.25, -0.2) is 0 Å². The maximum absolute atomic E-state index is 9.91. The minimum atomic E-state index is -0.354. The monoisotopic (exact) mass is 258 g/mol. The largest absolute Gasteiger partial charge is 0.457 e. The predicted molar refractivity (Wildman–Crippen MR) is 57.9 cm³/mol. The van der Waals surface area contributed by atoms with Crippen LogP contribution in [0.15, 0.2) is 21.4 Å². The third-order valence-electron chi connectivity index (χ3n) is 3.00. The van der Waals surface area contributed by atoms with Crippen LogP contribution in [0.5, 0.6) is 0 Å². The SMILES string of the molecule is OC(CC1CCCC1)c1coc(Br)c1. The molecule has 3 heteroatoms. The van der Waals surface area contributed by atoms with E-state index in [9.17, 15) is 5.11 Å². The molecule has 0 spiro atoms. The second kappa shape index (κ2) is 4.49. The Hall–Kier alpha value is -0.280. The molecule has 14 heavy (non-hydrogen) atoms. The van der Waals surface area contributed by atoms with E-state index in [1.807, 2.05) is 6.07 Å². The number of rotatable bonds is 3. The first kappa shape index (κ1) is 10.2. The molecule has 2 rings (SSSR count). The van der Waals surface area contributed by atoms with Crippen LogP contribution in [0.1, 0.15) is 43.8 Å². The van der Waals surface area contributed by atoms with E-state index in [2.05, 4.69) is 15.9 Å². The third-order valence-corrected chi connectivity index (χ3v) is 3.42. The van der Waals surface area contributed by atoms with Crippen molar-refractivity contribution in [2.45, 2.75) is 38.2 Å². The molecule has 0 radical (unpaired) electrons. The van der Waals surface area contributed by atoms with Gasteiger partial charge in [0.25, 0.3) is 0 Å². The van der Waals surface area contributed by atoms with Crippen LogP contribution in [-0.4, -0.2) is 5.11 Å². The molecule has 1 aromatic rings. The van der Waals surface area contributed by atoms with Crippen molar-refractivity contribution < 1.29 is 9.52 Å². The Morgan fingerprint density at radius 1 is 1.50 bits per heavy atom. The van der Waals surface area contributed by atoms with E-state index in [-0.39, 0.29) is 6.10 Å². The van der Waals surface area contributed by atoms with Crippen LogP contribution in [0.2, 0.25) is 0 Å². The number of hydrogen-bond donors (Lipinski definition) is 1. The lowest BCUT2D eigenvalue weighted by atomic mass is 9.97. The molecule has 1 saturated carbocycles. The number of furan rings is 1. The normalized spacial score (nSPS) is 20.1. The van der Waals surface area contributed by atoms with Gasteiger partial charge in [-0.1, -0.05) is 25.7 Å². The van der Waals surface area contributed by atoms with Crippen molar-refractivity contribution in [3.05, 3.63) is 22.6 Å². The van der Waals surface area contributed by atoms with E-state index < -0.39 is 0 Å². The molecular weight excluding hydrogens is 244 g/mol.